The molecule has 0 aliphatic heterocycles. The van der Waals surface area contributed by atoms with Gasteiger partial charge in [-0.3, -0.25) is 4.99 Å². The molecule has 2 N–H and O–H groups in total. The molecular weight excluding hydrogens is 445 g/mol. The zero-order chi connectivity index (χ0) is 17.4. The van der Waals surface area contributed by atoms with Crippen molar-refractivity contribution in [3.05, 3.63) is 51.7 Å². The molecule has 1 heterocycles. The van der Waals surface area contributed by atoms with Crippen LogP contribution < -0.4 is 15.4 Å². The molecule has 0 unspecified atom stereocenters. The first kappa shape index (κ1) is 21.8. The van der Waals surface area contributed by atoms with Gasteiger partial charge in [0.1, 0.15) is 5.75 Å². The van der Waals surface area contributed by atoms with Gasteiger partial charge in [-0.2, -0.15) is 0 Å². The van der Waals surface area contributed by atoms with E-state index in [-0.39, 0.29) is 30.1 Å². The second kappa shape index (κ2) is 11.4. The Labute approximate surface area is 172 Å². The van der Waals surface area contributed by atoms with E-state index in [1.807, 2.05) is 26.0 Å². The number of halogens is 1. The molecule has 0 fully saturated rings. The van der Waals surface area contributed by atoms with Crippen LogP contribution in [0.1, 0.15) is 29.9 Å². The zero-order valence-electron chi connectivity index (χ0n) is 15.3. The molecule has 4 nitrogen and oxygen atoms in total. The molecule has 138 valence electrons. The number of nitrogens with zero attached hydrogens (tertiary/aromatic N) is 1. The molecule has 0 saturated carbocycles. The summed E-state index contributed by atoms with van der Waals surface area (Å²) in [4.78, 5) is 5.62. The van der Waals surface area contributed by atoms with E-state index in [1.54, 1.807) is 18.4 Å². The lowest BCUT2D eigenvalue weighted by molar-refractivity contribution is 0.242. The standard InChI is InChI=1S/C19H27N3OS.HI/c1-14(2)23-17-7-5-16(6-8-17)9-11-21-19(20-4)22-13-18-15(3)10-12-24-18;/h5-8,10,12,14H,9,11,13H2,1-4H3,(H2,20,21,22);1H. The van der Waals surface area contributed by atoms with Gasteiger partial charge in [-0.05, 0) is 61.9 Å². The van der Waals surface area contributed by atoms with Crippen LogP contribution in [0.3, 0.4) is 0 Å². The van der Waals surface area contributed by atoms with Crippen molar-refractivity contribution in [3.63, 3.8) is 0 Å². The molecular formula is C19H28IN3OS. The van der Waals surface area contributed by atoms with Crippen LogP contribution in [0.25, 0.3) is 0 Å². The first-order valence-electron chi connectivity index (χ1n) is 8.31. The zero-order valence-corrected chi connectivity index (χ0v) is 18.5. The SMILES string of the molecule is CN=C(NCCc1ccc(OC(C)C)cc1)NCc1sccc1C.I. The molecule has 1 aromatic heterocycles. The summed E-state index contributed by atoms with van der Waals surface area (Å²) in [6.07, 6.45) is 1.15. The fourth-order valence-corrected chi connectivity index (χ4v) is 3.15. The minimum atomic E-state index is 0. The number of hydrogen-bond acceptors (Lipinski definition) is 3. The molecule has 0 atom stereocenters. The molecule has 0 saturated heterocycles. The van der Waals surface area contributed by atoms with Crippen LogP contribution in [0.2, 0.25) is 0 Å². The Hall–Kier alpha value is -1.28. The van der Waals surface area contributed by atoms with Gasteiger partial charge in [0, 0.05) is 18.5 Å². The highest BCUT2D eigenvalue weighted by Crippen LogP contribution is 2.15. The minimum Gasteiger partial charge on any atom is -0.491 e. The summed E-state index contributed by atoms with van der Waals surface area (Å²) in [6.45, 7) is 7.86. The number of nitrogens with one attached hydrogen (secondary N) is 2. The Morgan fingerprint density at radius 1 is 1.16 bits per heavy atom. The quantitative estimate of drug-likeness (QED) is 0.357. The lowest BCUT2D eigenvalue weighted by atomic mass is 10.1. The van der Waals surface area contributed by atoms with E-state index in [1.165, 1.54) is 16.0 Å². The summed E-state index contributed by atoms with van der Waals surface area (Å²) in [5.41, 5.74) is 2.61. The fourth-order valence-electron chi connectivity index (χ4n) is 2.30. The second-order valence-corrected chi connectivity index (χ2v) is 6.94. The number of hydrogen-bond donors (Lipinski definition) is 2. The number of aryl methyl sites for hydroxylation is 1. The Balaban J connectivity index is 0.00000312. The van der Waals surface area contributed by atoms with Crippen LogP contribution in [0.5, 0.6) is 5.75 Å². The van der Waals surface area contributed by atoms with Crippen LogP contribution in [0, 0.1) is 6.92 Å². The Kier molecular flexibility index (Phi) is 9.89. The molecule has 0 bridgehead atoms. The smallest absolute Gasteiger partial charge is 0.191 e. The molecule has 0 aliphatic rings. The molecule has 0 amide bonds. The van der Waals surface area contributed by atoms with Gasteiger partial charge in [0.05, 0.1) is 12.6 Å². The molecule has 6 heteroatoms. The summed E-state index contributed by atoms with van der Waals surface area (Å²) in [5.74, 6) is 1.76. The number of rotatable bonds is 7. The van der Waals surface area contributed by atoms with Crippen LogP contribution in [0.4, 0.5) is 0 Å². The maximum Gasteiger partial charge on any atom is 0.191 e. The largest absolute Gasteiger partial charge is 0.491 e. The second-order valence-electron chi connectivity index (χ2n) is 5.94. The van der Waals surface area contributed by atoms with Crippen molar-refractivity contribution < 1.29 is 4.74 Å². The van der Waals surface area contributed by atoms with Gasteiger partial charge in [0.25, 0.3) is 0 Å². The van der Waals surface area contributed by atoms with E-state index >= 15 is 0 Å². The number of thiophene rings is 1. The van der Waals surface area contributed by atoms with Gasteiger partial charge in [0.2, 0.25) is 0 Å². The van der Waals surface area contributed by atoms with Crippen molar-refractivity contribution in [1.29, 1.82) is 0 Å². The maximum absolute atomic E-state index is 5.66. The van der Waals surface area contributed by atoms with E-state index in [9.17, 15) is 0 Å². The van der Waals surface area contributed by atoms with Gasteiger partial charge in [-0.15, -0.1) is 35.3 Å². The fraction of sp³-hybridized carbons (Fsp3) is 0.421. The molecule has 1 aromatic carbocycles. The number of aliphatic imine (C=N–C) groups is 1. The predicted molar refractivity (Wildman–Crippen MR) is 119 cm³/mol. The third kappa shape index (κ3) is 7.64. The van der Waals surface area contributed by atoms with Crippen LogP contribution in [-0.4, -0.2) is 25.7 Å². The van der Waals surface area contributed by atoms with Gasteiger partial charge in [0.15, 0.2) is 5.96 Å². The summed E-state index contributed by atoms with van der Waals surface area (Å²) < 4.78 is 5.66. The monoisotopic (exact) mass is 473 g/mol. The van der Waals surface area contributed by atoms with Crippen molar-refractivity contribution in [3.8, 4) is 5.75 Å². The molecule has 2 aromatic rings. The van der Waals surface area contributed by atoms with Gasteiger partial charge >= 0.3 is 0 Å². The van der Waals surface area contributed by atoms with Crippen LogP contribution >= 0.6 is 35.3 Å². The van der Waals surface area contributed by atoms with E-state index in [4.69, 9.17) is 4.74 Å². The van der Waals surface area contributed by atoms with E-state index in [0.717, 1.165) is 31.2 Å². The van der Waals surface area contributed by atoms with Crippen molar-refractivity contribution in [1.82, 2.24) is 10.6 Å². The molecule has 0 aliphatic carbocycles. The highest BCUT2D eigenvalue weighted by atomic mass is 127. The first-order valence-corrected chi connectivity index (χ1v) is 9.19. The number of benzene rings is 1. The molecule has 0 spiro atoms. The van der Waals surface area contributed by atoms with E-state index in [0.29, 0.717) is 0 Å². The molecule has 2 rings (SSSR count). The summed E-state index contributed by atoms with van der Waals surface area (Å²) in [7, 11) is 1.80. The third-order valence-electron chi connectivity index (χ3n) is 3.61. The Morgan fingerprint density at radius 3 is 2.44 bits per heavy atom. The molecule has 25 heavy (non-hydrogen) atoms. The summed E-state index contributed by atoms with van der Waals surface area (Å²) in [6, 6.07) is 10.4. The number of ether oxygens (including phenoxy) is 1. The average molecular weight is 473 g/mol. The Bertz CT molecular complexity index is 653. The average Bonchev–Trinajstić information content (AvgIpc) is 2.97. The molecule has 0 radical (unpaired) electrons. The normalized spacial score (nSPS) is 11.2. The highest BCUT2D eigenvalue weighted by molar-refractivity contribution is 14.0. The van der Waals surface area contributed by atoms with Crippen molar-refractivity contribution in [2.45, 2.75) is 39.8 Å². The third-order valence-corrected chi connectivity index (χ3v) is 4.63. The summed E-state index contributed by atoms with van der Waals surface area (Å²) >= 11 is 1.77. The van der Waals surface area contributed by atoms with E-state index in [2.05, 4.69) is 46.1 Å². The maximum atomic E-state index is 5.66. The lowest BCUT2D eigenvalue weighted by Gasteiger charge is -2.12. The van der Waals surface area contributed by atoms with Crippen molar-refractivity contribution in [2.75, 3.05) is 13.6 Å². The lowest BCUT2D eigenvalue weighted by Crippen LogP contribution is -2.37. The van der Waals surface area contributed by atoms with E-state index < -0.39 is 0 Å². The van der Waals surface area contributed by atoms with Crippen molar-refractivity contribution >= 4 is 41.3 Å². The van der Waals surface area contributed by atoms with Crippen LogP contribution in [-0.2, 0) is 13.0 Å². The number of guanidine groups is 1. The van der Waals surface area contributed by atoms with Crippen LogP contribution in [0.15, 0.2) is 40.7 Å². The van der Waals surface area contributed by atoms with Gasteiger partial charge in [-0.1, -0.05) is 12.1 Å². The predicted octanol–water partition coefficient (Wildman–Crippen LogP) is 4.37. The van der Waals surface area contributed by atoms with Gasteiger partial charge < -0.3 is 15.4 Å². The van der Waals surface area contributed by atoms with Crippen molar-refractivity contribution in [2.24, 2.45) is 4.99 Å². The highest BCUT2D eigenvalue weighted by Gasteiger charge is 2.03. The minimum absolute atomic E-state index is 0. The van der Waals surface area contributed by atoms with Gasteiger partial charge in [-0.25, -0.2) is 0 Å². The summed E-state index contributed by atoms with van der Waals surface area (Å²) in [5, 5.41) is 8.84. The topological polar surface area (TPSA) is 45.7 Å². The first-order chi connectivity index (χ1) is 11.6. The Morgan fingerprint density at radius 2 is 1.88 bits per heavy atom.